The minimum Gasteiger partial charge on any atom is -0.456 e. The highest BCUT2D eigenvalue weighted by Crippen LogP contribution is 2.35. The number of ether oxygens (including phenoxy) is 1. The molecule has 0 aliphatic heterocycles. The highest BCUT2D eigenvalue weighted by Gasteiger charge is 2.19. The number of carbonyl (C=O) groups excluding carboxylic acids is 1. The van der Waals surface area contributed by atoms with Crippen molar-refractivity contribution < 1.29 is 22.8 Å². The van der Waals surface area contributed by atoms with Crippen LogP contribution < -0.4 is 10.4 Å². The molecular formula is C27H15ClO6. The van der Waals surface area contributed by atoms with Crippen LogP contribution in [0.1, 0.15) is 16.1 Å². The van der Waals surface area contributed by atoms with E-state index in [1.54, 1.807) is 43.3 Å². The second-order valence-corrected chi connectivity index (χ2v) is 8.36. The predicted octanol–water partition coefficient (Wildman–Crippen LogP) is 7.13. The van der Waals surface area contributed by atoms with Crippen LogP contribution in [0.3, 0.4) is 0 Å². The molecule has 0 atom stereocenters. The van der Waals surface area contributed by atoms with Crippen molar-refractivity contribution in [2.45, 2.75) is 6.92 Å². The van der Waals surface area contributed by atoms with E-state index in [0.717, 1.165) is 5.39 Å². The quantitative estimate of drug-likeness (QED) is 0.155. The number of esters is 1. The van der Waals surface area contributed by atoms with E-state index in [9.17, 15) is 9.59 Å². The molecule has 3 aromatic carbocycles. The molecule has 6 nitrogen and oxygen atoms in total. The SMILES string of the molecule is Cc1cc2oc(=O)cc(-c3cc4ccccc4o3)c2cc1OC(=O)c1cc2cc(Cl)ccc2o1. The standard InChI is InChI=1S/C27H15ClO6/c1-14-8-23-18(19(13-26(29)33-23)24-10-15-4-2-3-5-20(15)31-24)12-22(14)34-27(30)25-11-16-9-17(28)6-7-21(16)32-25/h2-13H,1H3. The van der Waals surface area contributed by atoms with Crippen LogP contribution in [0.15, 0.2) is 90.8 Å². The van der Waals surface area contributed by atoms with E-state index in [-0.39, 0.29) is 5.76 Å². The fraction of sp³-hybridized carbons (Fsp3) is 0.0370. The molecule has 0 spiro atoms. The van der Waals surface area contributed by atoms with Crippen LogP contribution >= 0.6 is 11.6 Å². The summed E-state index contributed by atoms with van der Waals surface area (Å²) in [5, 5.41) is 2.72. The molecule has 0 saturated carbocycles. The maximum atomic E-state index is 12.8. The molecule has 0 N–H and O–H groups in total. The van der Waals surface area contributed by atoms with Crippen molar-refractivity contribution in [1.82, 2.24) is 0 Å². The van der Waals surface area contributed by atoms with Crippen LogP contribution in [0.4, 0.5) is 0 Å². The van der Waals surface area contributed by atoms with E-state index >= 15 is 0 Å². The Balaban J connectivity index is 1.44. The van der Waals surface area contributed by atoms with Crippen LogP contribution in [-0.2, 0) is 0 Å². The number of rotatable bonds is 3. The van der Waals surface area contributed by atoms with Crippen LogP contribution in [0.5, 0.6) is 5.75 Å². The van der Waals surface area contributed by atoms with Crippen molar-refractivity contribution in [2.24, 2.45) is 0 Å². The number of benzene rings is 3. The number of aryl methyl sites for hydroxylation is 1. The summed E-state index contributed by atoms with van der Waals surface area (Å²) in [6, 6.07) is 20.8. The molecule has 0 saturated heterocycles. The van der Waals surface area contributed by atoms with Gasteiger partial charge >= 0.3 is 11.6 Å². The molecular weight excluding hydrogens is 456 g/mol. The molecule has 0 amide bonds. The van der Waals surface area contributed by atoms with Gasteiger partial charge in [-0.25, -0.2) is 9.59 Å². The lowest BCUT2D eigenvalue weighted by Gasteiger charge is -2.09. The first-order valence-electron chi connectivity index (χ1n) is 10.4. The molecule has 0 fully saturated rings. The smallest absolute Gasteiger partial charge is 0.379 e. The Morgan fingerprint density at radius 1 is 0.824 bits per heavy atom. The van der Waals surface area contributed by atoms with Crippen LogP contribution in [0.2, 0.25) is 5.02 Å². The van der Waals surface area contributed by atoms with Crippen molar-refractivity contribution in [3.8, 4) is 17.1 Å². The van der Waals surface area contributed by atoms with Gasteiger partial charge in [0, 0.05) is 32.8 Å². The number of carbonyl (C=O) groups is 1. The number of halogens is 1. The first kappa shape index (κ1) is 20.3. The zero-order valence-electron chi connectivity index (χ0n) is 17.8. The monoisotopic (exact) mass is 470 g/mol. The Kier molecular flexibility index (Phi) is 4.57. The van der Waals surface area contributed by atoms with Gasteiger partial charge in [-0.15, -0.1) is 0 Å². The Morgan fingerprint density at radius 2 is 1.65 bits per heavy atom. The average molecular weight is 471 g/mol. The lowest BCUT2D eigenvalue weighted by Crippen LogP contribution is -2.08. The molecule has 7 heteroatoms. The summed E-state index contributed by atoms with van der Waals surface area (Å²) in [7, 11) is 0. The second kappa shape index (κ2) is 7.64. The van der Waals surface area contributed by atoms with E-state index in [4.69, 9.17) is 29.6 Å². The van der Waals surface area contributed by atoms with Crippen LogP contribution in [0, 0.1) is 6.92 Å². The molecule has 34 heavy (non-hydrogen) atoms. The van der Waals surface area contributed by atoms with Gasteiger partial charge in [-0.2, -0.15) is 0 Å². The molecule has 0 bridgehead atoms. The molecule has 0 aliphatic rings. The van der Waals surface area contributed by atoms with Gasteiger partial charge in [-0.05, 0) is 61.0 Å². The summed E-state index contributed by atoms with van der Waals surface area (Å²) in [5.74, 6) is 0.211. The third-order valence-electron chi connectivity index (χ3n) is 5.61. The van der Waals surface area contributed by atoms with Crippen LogP contribution in [0.25, 0.3) is 44.2 Å². The fourth-order valence-corrected chi connectivity index (χ4v) is 4.16. The van der Waals surface area contributed by atoms with Gasteiger partial charge in [0.25, 0.3) is 0 Å². The summed E-state index contributed by atoms with van der Waals surface area (Å²) in [4.78, 5) is 25.1. The highest BCUT2D eigenvalue weighted by atomic mass is 35.5. The molecule has 3 heterocycles. The van der Waals surface area contributed by atoms with E-state index in [1.807, 2.05) is 30.3 Å². The minimum absolute atomic E-state index is 0.0499. The van der Waals surface area contributed by atoms with Gasteiger partial charge in [-0.3, -0.25) is 0 Å². The zero-order chi connectivity index (χ0) is 23.4. The van der Waals surface area contributed by atoms with Gasteiger partial charge in [0.2, 0.25) is 5.76 Å². The number of hydrogen-bond donors (Lipinski definition) is 0. The van der Waals surface area contributed by atoms with Gasteiger partial charge in [0.15, 0.2) is 0 Å². The molecule has 6 aromatic rings. The third-order valence-corrected chi connectivity index (χ3v) is 5.85. The van der Waals surface area contributed by atoms with Crippen LogP contribution in [-0.4, -0.2) is 5.97 Å². The summed E-state index contributed by atoms with van der Waals surface area (Å²) < 4.78 is 22.7. The lowest BCUT2D eigenvalue weighted by molar-refractivity contribution is 0.0703. The normalized spacial score (nSPS) is 11.5. The summed E-state index contributed by atoms with van der Waals surface area (Å²) in [5.41, 5.74) is 2.23. The molecule has 6 rings (SSSR count). The number of furan rings is 2. The van der Waals surface area contributed by atoms with Crippen molar-refractivity contribution >= 4 is 50.5 Å². The van der Waals surface area contributed by atoms with Crippen molar-refractivity contribution in [1.29, 1.82) is 0 Å². The lowest BCUT2D eigenvalue weighted by atomic mass is 10.0. The Bertz CT molecular complexity index is 1770. The van der Waals surface area contributed by atoms with E-state index in [0.29, 0.717) is 55.2 Å². The van der Waals surface area contributed by atoms with Crippen molar-refractivity contribution in [3.05, 3.63) is 99.6 Å². The molecule has 0 radical (unpaired) electrons. The predicted molar refractivity (Wildman–Crippen MR) is 129 cm³/mol. The number of para-hydroxylation sites is 1. The first-order chi connectivity index (χ1) is 16.4. The van der Waals surface area contributed by atoms with E-state index in [1.165, 1.54) is 6.07 Å². The second-order valence-electron chi connectivity index (χ2n) is 7.92. The van der Waals surface area contributed by atoms with Crippen molar-refractivity contribution in [3.63, 3.8) is 0 Å². The summed E-state index contributed by atoms with van der Waals surface area (Å²) >= 11 is 6.02. The molecule has 0 unspecified atom stereocenters. The van der Waals surface area contributed by atoms with Gasteiger partial charge in [0.05, 0.1) is 0 Å². The molecule has 3 aromatic heterocycles. The Hall–Kier alpha value is -4.29. The largest absolute Gasteiger partial charge is 0.456 e. The molecule has 166 valence electrons. The van der Waals surface area contributed by atoms with E-state index in [2.05, 4.69) is 0 Å². The van der Waals surface area contributed by atoms with Gasteiger partial charge in [0.1, 0.15) is 28.3 Å². The maximum absolute atomic E-state index is 12.8. The summed E-state index contributed by atoms with van der Waals surface area (Å²) in [6.07, 6.45) is 0. The number of fused-ring (bicyclic) bond motifs is 3. The molecule has 0 aliphatic carbocycles. The van der Waals surface area contributed by atoms with E-state index < -0.39 is 11.6 Å². The summed E-state index contributed by atoms with van der Waals surface area (Å²) in [6.45, 7) is 1.76. The maximum Gasteiger partial charge on any atom is 0.379 e. The fourth-order valence-electron chi connectivity index (χ4n) is 3.98. The Morgan fingerprint density at radius 3 is 2.50 bits per heavy atom. The average Bonchev–Trinajstić information content (AvgIpc) is 3.43. The van der Waals surface area contributed by atoms with Gasteiger partial charge < -0.3 is 18.0 Å². The zero-order valence-corrected chi connectivity index (χ0v) is 18.5. The third kappa shape index (κ3) is 3.45. The topological polar surface area (TPSA) is 82.8 Å². The Labute approximate surface area is 196 Å². The number of hydrogen-bond acceptors (Lipinski definition) is 6. The highest BCUT2D eigenvalue weighted by molar-refractivity contribution is 6.31. The van der Waals surface area contributed by atoms with Crippen molar-refractivity contribution in [2.75, 3.05) is 0 Å². The first-order valence-corrected chi connectivity index (χ1v) is 10.8. The minimum atomic E-state index is -0.655. The van der Waals surface area contributed by atoms with Gasteiger partial charge in [-0.1, -0.05) is 29.8 Å².